The number of halogens is 3. The summed E-state index contributed by atoms with van der Waals surface area (Å²) in [5.74, 6) is -1.56. The predicted octanol–water partition coefficient (Wildman–Crippen LogP) is 5.25. The fraction of sp³-hybridized carbons (Fsp3) is 0.333. The zero-order valence-corrected chi connectivity index (χ0v) is 18.9. The minimum Gasteiger partial charge on any atom is -0.480 e. The summed E-state index contributed by atoms with van der Waals surface area (Å²) in [5, 5.41) is 14.7. The lowest BCUT2D eigenvalue weighted by molar-refractivity contribution is -0.139. The number of hydrogen-bond donors (Lipinski definition) is 2. The van der Waals surface area contributed by atoms with Crippen molar-refractivity contribution in [1.82, 2.24) is 14.7 Å². The number of nitrogens with zero attached hydrogens (tertiary/aromatic N) is 2. The van der Waals surface area contributed by atoms with Crippen LogP contribution in [0.4, 0.5) is 9.18 Å². The molecule has 1 saturated heterocycles. The Labute approximate surface area is 194 Å². The molecule has 2 amide bonds. The van der Waals surface area contributed by atoms with E-state index in [1.54, 1.807) is 22.6 Å². The van der Waals surface area contributed by atoms with E-state index >= 15 is 0 Å². The molecular formula is C21H22Cl2FN3O3S. The van der Waals surface area contributed by atoms with Crippen molar-refractivity contribution in [2.75, 3.05) is 13.1 Å². The van der Waals surface area contributed by atoms with Crippen molar-refractivity contribution in [3.63, 3.8) is 0 Å². The van der Waals surface area contributed by atoms with Crippen LogP contribution in [-0.4, -0.2) is 45.7 Å². The molecular weight excluding hydrogens is 464 g/mol. The SMILES string of the molecule is O=C(O)[C@H](Cc1ccc(F)cc1)NC(=O)N1CCCCCN1Sc1cc(Cl)cc(Cl)c1. The van der Waals surface area contributed by atoms with Crippen molar-refractivity contribution in [2.24, 2.45) is 0 Å². The van der Waals surface area contributed by atoms with Crippen molar-refractivity contribution >= 4 is 47.2 Å². The Bertz CT molecular complexity index is 912. The Kier molecular flexibility index (Phi) is 8.43. The van der Waals surface area contributed by atoms with E-state index in [4.69, 9.17) is 23.2 Å². The summed E-state index contributed by atoms with van der Waals surface area (Å²) < 4.78 is 14.9. The second kappa shape index (κ2) is 11.0. The number of nitrogens with one attached hydrogen (secondary N) is 1. The number of hydrogen-bond acceptors (Lipinski definition) is 4. The molecule has 0 radical (unpaired) electrons. The normalized spacial score (nSPS) is 15.9. The quantitative estimate of drug-likeness (QED) is 0.546. The minimum atomic E-state index is -1.16. The second-order valence-electron chi connectivity index (χ2n) is 7.13. The number of aliphatic carboxylic acids is 1. The van der Waals surface area contributed by atoms with Crippen LogP contribution in [0.3, 0.4) is 0 Å². The van der Waals surface area contributed by atoms with Crippen LogP contribution in [0, 0.1) is 5.82 Å². The number of carbonyl (C=O) groups excluding carboxylic acids is 1. The number of carbonyl (C=O) groups is 2. The summed E-state index contributed by atoms with van der Waals surface area (Å²) in [4.78, 5) is 25.6. The number of urea groups is 1. The summed E-state index contributed by atoms with van der Waals surface area (Å²) in [6.07, 6.45) is 2.70. The smallest absolute Gasteiger partial charge is 0.333 e. The van der Waals surface area contributed by atoms with Crippen molar-refractivity contribution in [1.29, 1.82) is 0 Å². The topological polar surface area (TPSA) is 72.9 Å². The van der Waals surface area contributed by atoms with Gasteiger partial charge in [-0.1, -0.05) is 41.8 Å². The molecule has 1 aliphatic rings. The number of carboxylic acid groups (broad SMARTS) is 1. The molecule has 3 rings (SSSR count). The molecule has 31 heavy (non-hydrogen) atoms. The van der Waals surface area contributed by atoms with Crippen LogP contribution in [0.5, 0.6) is 0 Å². The van der Waals surface area contributed by atoms with E-state index in [0.29, 0.717) is 28.7 Å². The Morgan fingerprint density at radius 3 is 2.35 bits per heavy atom. The fourth-order valence-electron chi connectivity index (χ4n) is 3.20. The first-order chi connectivity index (χ1) is 14.8. The number of rotatable bonds is 6. The van der Waals surface area contributed by atoms with Crippen molar-refractivity contribution in [2.45, 2.75) is 36.6 Å². The van der Waals surface area contributed by atoms with Crippen LogP contribution in [0.2, 0.25) is 10.0 Å². The van der Waals surface area contributed by atoms with Gasteiger partial charge in [-0.15, -0.1) is 0 Å². The van der Waals surface area contributed by atoms with Gasteiger partial charge in [-0.2, -0.15) is 4.41 Å². The average Bonchev–Trinajstić information content (AvgIpc) is 2.93. The zero-order chi connectivity index (χ0) is 22.4. The van der Waals surface area contributed by atoms with E-state index in [-0.39, 0.29) is 6.42 Å². The molecule has 0 spiro atoms. The molecule has 0 aliphatic carbocycles. The number of hydrazine groups is 1. The van der Waals surface area contributed by atoms with Gasteiger partial charge in [0.2, 0.25) is 0 Å². The highest BCUT2D eigenvalue weighted by atomic mass is 35.5. The van der Waals surface area contributed by atoms with Gasteiger partial charge in [0.1, 0.15) is 11.9 Å². The largest absolute Gasteiger partial charge is 0.480 e. The first-order valence-electron chi connectivity index (χ1n) is 9.78. The maximum Gasteiger partial charge on any atom is 0.333 e. The van der Waals surface area contributed by atoms with Gasteiger partial charge in [-0.05, 0) is 60.7 Å². The zero-order valence-electron chi connectivity index (χ0n) is 16.6. The molecule has 1 fully saturated rings. The lowest BCUT2D eigenvalue weighted by Crippen LogP contribution is -2.53. The third-order valence-corrected chi connectivity index (χ3v) is 6.19. The van der Waals surface area contributed by atoms with Crippen LogP contribution in [0.1, 0.15) is 24.8 Å². The standard InChI is InChI=1S/C21H22Cl2FN3O3S/c22-15-11-16(23)13-18(12-15)31-27-9-3-1-2-8-26(27)21(30)25-19(20(28)29)10-14-4-6-17(24)7-5-14/h4-7,11-13,19H,1-3,8-10H2,(H,25,30)(H,28,29)/t19-/m0/s1. The highest BCUT2D eigenvalue weighted by Gasteiger charge is 2.29. The Balaban J connectivity index is 1.73. The Hall–Kier alpha value is -2.00. The van der Waals surface area contributed by atoms with Crippen molar-refractivity contribution in [3.8, 4) is 0 Å². The lowest BCUT2D eigenvalue weighted by Gasteiger charge is -2.33. The molecule has 1 atom stereocenters. The first kappa shape index (κ1) is 23.7. The van der Waals surface area contributed by atoms with E-state index in [2.05, 4.69) is 5.32 Å². The van der Waals surface area contributed by atoms with Crippen LogP contribution in [-0.2, 0) is 11.2 Å². The van der Waals surface area contributed by atoms with Crippen LogP contribution in [0.25, 0.3) is 0 Å². The molecule has 1 heterocycles. The van der Waals surface area contributed by atoms with Gasteiger partial charge in [0.25, 0.3) is 0 Å². The number of amides is 2. The van der Waals surface area contributed by atoms with E-state index < -0.39 is 23.9 Å². The molecule has 2 N–H and O–H groups in total. The molecule has 6 nitrogen and oxygen atoms in total. The summed E-state index contributed by atoms with van der Waals surface area (Å²) in [7, 11) is 0. The lowest BCUT2D eigenvalue weighted by atomic mass is 10.1. The van der Waals surface area contributed by atoms with Gasteiger partial charge < -0.3 is 10.4 Å². The number of carboxylic acids is 1. The summed E-state index contributed by atoms with van der Waals surface area (Å²) in [6.45, 7) is 1.06. The summed E-state index contributed by atoms with van der Waals surface area (Å²) in [6, 6.07) is 9.04. The van der Waals surface area contributed by atoms with E-state index in [1.807, 2.05) is 0 Å². The molecule has 2 aromatic carbocycles. The van der Waals surface area contributed by atoms with Gasteiger partial charge in [0.15, 0.2) is 0 Å². The molecule has 0 bridgehead atoms. The average molecular weight is 486 g/mol. The van der Waals surface area contributed by atoms with Crippen LogP contribution in [0.15, 0.2) is 47.4 Å². The Morgan fingerprint density at radius 1 is 1.06 bits per heavy atom. The molecule has 1 aliphatic heterocycles. The highest BCUT2D eigenvalue weighted by molar-refractivity contribution is 7.97. The van der Waals surface area contributed by atoms with Crippen LogP contribution < -0.4 is 5.32 Å². The van der Waals surface area contributed by atoms with E-state index in [0.717, 1.165) is 24.2 Å². The summed E-state index contributed by atoms with van der Waals surface area (Å²) in [5.41, 5.74) is 0.616. The molecule has 0 aromatic heterocycles. The van der Waals surface area contributed by atoms with Gasteiger partial charge in [0.05, 0.1) is 0 Å². The van der Waals surface area contributed by atoms with E-state index in [1.165, 1.54) is 41.2 Å². The summed E-state index contributed by atoms with van der Waals surface area (Å²) >= 11 is 13.5. The van der Waals surface area contributed by atoms with E-state index in [9.17, 15) is 19.1 Å². The fourth-order valence-corrected chi connectivity index (χ4v) is 4.93. The third kappa shape index (κ3) is 7.00. The molecule has 0 saturated carbocycles. The monoisotopic (exact) mass is 485 g/mol. The predicted molar refractivity (Wildman–Crippen MR) is 120 cm³/mol. The third-order valence-electron chi connectivity index (χ3n) is 4.72. The maximum atomic E-state index is 13.1. The molecule has 166 valence electrons. The van der Waals surface area contributed by atoms with Gasteiger partial charge in [-0.3, -0.25) is 0 Å². The first-order valence-corrected chi connectivity index (χ1v) is 11.3. The number of benzene rings is 2. The second-order valence-corrected chi connectivity index (χ2v) is 9.08. The van der Waals surface area contributed by atoms with Crippen LogP contribution >= 0.6 is 35.1 Å². The maximum absolute atomic E-state index is 13.1. The minimum absolute atomic E-state index is 0.0479. The Morgan fingerprint density at radius 2 is 1.71 bits per heavy atom. The molecule has 0 unspecified atom stereocenters. The van der Waals surface area contributed by atoms with Gasteiger partial charge in [-0.25, -0.2) is 19.0 Å². The highest BCUT2D eigenvalue weighted by Crippen LogP contribution is 2.31. The van der Waals surface area contributed by atoms with Crippen molar-refractivity contribution in [3.05, 3.63) is 63.9 Å². The van der Waals surface area contributed by atoms with Gasteiger partial charge in [0, 0.05) is 34.5 Å². The molecule has 2 aromatic rings. The molecule has 10 heteroatoms. The van der Waals surface area contributed by atoms with Crippen molar-refractivity contribution < 1.29 is 19.1 Å². The van der Waals surface area contributed by atoms with Gasteiger partial charge >= 0.3 is 12.0 Å².